The SMILES string of the molecule is O[C@@H]1c2nonc2CC[C@@H]1[C@@H]1c2ccccc2-c2cncn21. The lowest BCUT2D eigenvalue weighted by Gasteiger charge is -2.32. The number of hydrogen-bond donors (Lipinski definition) is 1. The van der Waals surface area contributed by atoms with Crippen LogP contribution in [0.15, 0.2) is 41.4 Å². The molecule has 5 rings (SSSR count). The molecule has 2 aliphatic rings. The zero-order valence-corrected chi connectivity index (χ0v) is 11.8. The maximum Gasteiger partial charge on any atom is 0.137 e. The molecule has 0 radical (unpaired) electrons. The van der Waals surface area contributed by atoms with Crippen LogP contribution in [0.5, 0.6) is 0 Å². The van der Waals surface area contributed by atoms with Crippen LogP contribution in [0.4, 0.5) is 0 Å². The molecule has 0 saturated heterocycles. The van der Waals surface area contributed by atoms with Gasteiger partial charge < -0.3 is 9.67 Å². The number of benzene rings is 1. The Hall–Kier alpha value is -2.47. The summed E-state index contributed by atoms with van der Waals surface area (Å²) in [6, 6.07) is 8.41. The molecule has 3 atom stereocenters. The number of fused-ring (bicyclic) bond motifs is 4. The number of hydrogen-bond acceptors (Lipinski definition) is 5. The normalized spacial score (nSPS) is 25.6. The average Bonchev–Trinajstić information content (AvgIpc) is 3.23. The van der Waals surface area contributed by atoms with E-state index >= 15 is 0 Å². The standard InChI is InChI=1S/C16H14N4O2/c21-16-11(5-6-12-14(16)19-22-18-12)15-10-4-2-1-3-9(10)13-7-17-8-20(13)15/h1-4,7-8,11,15-16,21H,5-6H2/t11-,15+,16+/m1/s1. The van der Waals surface area contributed by atoms with E-state index in [4.69, 9.17) is 4.63 Å². The largest absolute Gasteiger partial charge is 0.386 e. The number of rotatable bonds is 1. The summed E-state index contributed by atoms with van der Waals surface area (Å²) in [4.78, 5) is 4.28. The highest BCUT2D eigenvalue weighted by Gasteiger charge is 2.42. The molecule has 0 bridgehead atoms. The fourth-order valence-corrected chi connectivity index (χ4v) is 3.92. The van der Waals surface area contributed by atoms with Crippen molar-refractivity contribution in [2.75, 3.05) is 0 Å². The van der Waals surface area contributed by atoms with Crippen LogP contribution in [-0.4, -0.2) is 25.0 Å². The Balaban J connectivity index is 1.65. The molecule has 6 heteroatoms. The summed E-state index contributed by atoms with van der Waals surface area (Å²) < 4.78 is 6.96. The molecule has 0 spiro atoms. The van der Waals surface area contributed by atoms with Gasteiger partial charge in [-0.05, 0) is 18.4 Å². The zero-order chi connectivity index (χ0) is 14.7. The Morgan fingerprint density at radius 3 is 3.09 bits per heavy atom. The Morgan fingerprint density at radius 2 is 2.14 bits per heavy atom. The van der Waals surface area contributed by atoms with Gasteiger partial charge in [-0.25, -0.2) is 9.61 Å². The Morgan fingerprint density at radius 1 is 1.23 bits per heavy atom. The van der Waals surface area contributed by atoms with Crippen molar-refractivity contribution in [2.45, 2.75) is 25.0 Å². The van der Waals surface area contributed by atoms with E-state index in [1.165, 1.54) is 11.1 Å². The maximum absolute atomic E-state index is 10.8. The van der Waals surface area contributed by atoms with Gasteiger partial charge in [0.05, 0.1) is 24.3 Å². The second kappa shape index (κ2) is 4.27. The van der Waals surface area contributed by atoms with Crippen LogP contribution in [0.1, 0.15) is 35.5 Å². The molecule has 0 saturated carbocycles. The van der Waals surface area contributed by atoms with Crippen molar-refractivity contribution in [3.63, 3.8) is 0 Å². The molecule has 1 aromatic carbocycles. The fraction of sp³-hybridized carbons (Fsp3) is 0.312. The first-order chi connectivity index (χ1) is 10.8. The highest BCUT2D eigenvalue weighted by molar-refractivity contribution is 5.69. The van der Waals surface area contributed by atoms with Crippen LogP contribution in [0, 0.1) is 5.92 Å². The van der Waals surface area contributed by atoms with E-state index < -0.39 is 6.10 Å². The minimum atomic E-state index is -0.665. The third kappa shape index (κ3) is 1.45. The monoisotopic (exact) mass is 294 g/mol. The molecule has 3 aromatic rings. The van der Waals surface area contributed by atoms with Crippen LogP contribution in [0.2, 0.25) is 0 Å². The van der Waals surface area contributed by atoms with Crippen LogP contribution in [0.3, 0.4) is 0 Å². The highest BCUT2D eigenvalue weighted by Crippen LogP contribution is 2.49. The van der Waals surface area contributed by atoms with Gasteiger partial charge in [0, 0.05) is 11.5 Å². The van der Waals surface area contributed by atoms with Gasteiger partial charge in [-0.2, -0.15) is 0 Å². The summed E-state index contributed by atoms with van der Waals surface area (Å²) in [5.74, 6) is 0.0380. The Kier molecular flexibility index (Phi) is 2.35. The van der Waals surface area contributed by atoms with Gasteiger partial charge in [-0.1, -0.05) is 34.6 Å². The van der Waals surface area contributed by atoms with Crippen molar-refractivity contribution in [1.82, 2.24) is 19.9 Å². The molecule has 1 N–H and O–H groups in total. The van der Waals surface area contributed by atoms with Gasteiger partial charge >= 0.3 is 0 Å². The van der Waals surface area contributed by atoms with E-state index in [1.54, 1.807) is 0 Å². The summed E-state index contributed by atoms with van der Waals surface area (Å²) >= 11 is 0. The van der Waals surface area contributed by atoms with E-state index in [0.29, 0.717) is 5.69 Å². The first-order valence-electron chi connectivity index (χ1n) is 7.45. The van der Waals surface area contributed by atoms with Gasteiger partial charge in [-0.15, -0.1) is 0 Å². The molecule has 110 valence electrons. The fourth-order valence-electron chi connectivity index (χ4n) is 3.92. The van der Waals surface area contributed by atoms with Crippen molar-refractivity contribution >= 4 is 0 Å². The van der Waals surface area contributed by atoms with Crippen molar-refractivity contribution in [1.29, 1.82) is 0 Å². The van der Waals surface area contributed by atoms with Gasteiger partial charge in [0.25, 0.3) is 0 Å². The molecule has 0 amide bonds. The minimum absolute atomic E-state index is 0.0380. The number of aromatic nitrogens is 4. The van der Waals surface area contributed by atoms with Gasteiger partial charge in [0.2, 0.25) is 0 Å². The Labute approximate surface area is 126 Å². The molecule has 22 heavy (non-hydrogen) atoms. The lowest BCUT2D eigenvalue weighted by Crippen LogP contribution is -2.28. The van der Waals surface area contributed by atoms with E-state index in [2.05, 4.69) is 32.0 Å². The second-order valence-electron chi connectivity index (χ2n) is 5.96. The van der Waals surface area contributed by atoms with E-state index in [0.717, 1.165) is 24.2 Å². The van der Waals surface area contributed by atoms with Crippen LogP contribution in [-0.2, 0) is 6.42 Å². The van der Waals surface area contributed by atoms with E-state index in [9.17, 15) is 5.11 Å². The molecule has 1 aliphatic carbocycles. The first-order valence-corrected chi connectivity index (χ1v) is 7.45. The van der Waals surface area contributed by atoms with Crippen LogP contribution < -0.4 is 0 Å². The smallest absolute Gasteiger partial charge is 0.137 e. The van der Waals surface area contributed by atoms with E-state index in [-0.39, 0.29) is 12.0 Å². The molecular weight excluding hydrogens is 280 g/mol. The quantitative estimate of drug-likeness (QED) is 0.744. The molecular formula is C16H14N4O2. The van der Waals surface area contributed by atoms with Gasteiger partial charge in [0.15, 0.2) is 0 Å². The summed E-state index contributed by atoms with van der Waals surface area (Å²) in [5, 5.41) is 18.5. The van der Waals surface area contributed by atoms with Crippen molar-refractivity contribution in [3.8, 4) is 11.3 Å². The predicted octanol–water partition coefficient (Wildman–Crippen LogP) is 2.13. The molecule has 3 heterocycles. The van der Waals surface area contributed by atoms with Crippen molar-refractivity contribution in [2.24, 2.45) is 5.92 Å². The summed E-state index contributed by atoms with van der Waals surface area (Å²) in [6.07, 6.45) is 4.70. The lowest BCUT2D eigenvalue weighted by atomic mass is 9.79. The van der Waals surface area contributed by atoms with E-state index in [1.807, 2.05) is 24.7 Å². The average molecular weight is 294 g/mol. The second-order valence-corrected chi connectivity index (χ2v) is 5.96. The minimum Gasteiger partial charge on any atom is -0.386 e. The summed E-state index contributed by atoms with van der Waals surface area (Å²) in [6.45, 7) is 0. The molecule has 0 fully saturated rings. The Bertz CT molecular complexity index is 853. The molecule has 2 aromatic heterocycles. The van der Waals surface area contributed by atoms with Crippen LogP contribution >= 0.6 is 0 Å². The molecule has 6 nitrogen and oxygen atoms in total. The van der Waals surface area contributed by atoms with Gasteiger partial charge in [-0.3, -0.25) is 0 Å². The van der Waals surface area contributed by atoms with Crippen molar-refractivity contribution < 1.29 is 9.74 Å². The zero-order valence-electron chi connectivity index (χ0n) is 11.8. The highest BCUT2D eigenvalue weighted by atomic mass is 16.6. The number of aliphatic hydroxyl groups excluding tert-OH is 1. The van der Waals surface area contributed by atoms with Gasteiger partial charge in [0.1, 0.15) is 17.5 Å². The third-order valence-electron chi connectivity index (χ3n) is 4.91. The molecule has 0 unspecified atom stereocenters. The van der Waals surface area contributed by atoms with Crippen LogP contribution in [0.25, 0.3) is 11.3 Å². The summed E-state index contributed by atoms with van der Waals surface area (Å²) in [7, 11) is 0. The first kappa shape index (κ1) is 12.1. The molecule has 1 aliphatic heterocycles. The predicted molar refractivity (Wildman–Crippen MR) is 76.9 cm³/mol. The number of aryl methyl sites for hydroxylation is 1. The maximum atomic E-state index is 10.8. The topological polar surface area (TPSA) is 77.0 Å². The lowest BCUT2D eigenvalue weighted by molar-refractivity contribution is 0.0662. The third-order valence-corrected chi connectivity index (χ3v) is 4.91. The number of aliphatic hydroxyl groups is 1. The summed E-state index contributed by atoms with van der Waals surface area (Å²) in [5.41, 5.74) is 4.91. The van der Waals surface area contributed by atoms with Crippen molar-refractivity contribution in [3.05, 3.63) is 53.7 Å². The number of imidazole rings is 1. The number of nitrogens with zero attached hydrogens (tertiary/aromatic N) is 4.